The van der Waals surface area contributed by atoms with Gasteiger partial charge in [0.05, 0.1) is 0 Å². The zero-order valence-corrected chi connectivity index (χ0v) is 8.91. The molecule has 0 N–H and O–H groups in total. The molecule has 1 aromatic heterocycles. The lowest BCUT2D eigenvalue weighted by atomic mass is 10.0. The second-order valence-corrected chi connectivity index (χ2v) is 3.16. The van der Waals surface area contributed by atoms with E-state index in [2.05, 4.69) is 13.0 Å². The van der Waals surface area contributed by atoms with Crippen molar-refractivity contribution < 1.29 is 4.42 Å². The molecular formula is C12H16O2. The van der Waals surface area contributed by atoms with Gasteiger partial charge in [0.1, 0.15) is 5.42 Å². The lowest BCUT2D eigenvalue weighted by molar-refractivity contribution is 0.467. The minimum absolute atomic E-state index is 0.271. The van der Waals surface area contributed by atoms with Crippen LogP contribution in [0.2, 0.25) is 0 Å². The molecule has 2 heteroatoms. The van der Waals surface area contributed by atoms with Crippen LogP contribution in [0.5, 0.6) is 0 Å². The van der Waals surface area contributed by atoms with E-state index in [1.54, 1.807) is 0 Å². The van der Waals surface area contributed by atoms with Crippen molar-refractivity contribution in [2.45, 2.75) is 27.2 Å². The van der Waals surface area contributed by atoms with Gasteiger partial charge in [-0.05, 0) is 24.5 Å². The molecule has 1 aliphatic carbocycles. The first-order valence-corrected chi connectivity index (χ1v) is 5.08. The van der Waals surface area contributed by atoms with Gasteiger partial charge in [-0.1, -0.05) is 26.8 Å². The van der Waals surface area contributed by atoms with E-state index >= 15 is 0 Å². The molecule has 76 valence electrons. The molecule has 0 bridgehead atoms. The molecule has 0 aromatic carbocycles. The van der Waals surface area contributed by atoms with Crippen LogP contribution < -0.4 is 16.3 Å². The summed E-state index contributed by atoms with van der Waals surface area (Å²) in [5.41, 5.74) is 0.453. The molecule has 1 atom stereocenters. The summed E-state index contributed by atoms with van der Waals surface area (Å²) < 4.78 is 5.03. The Kier molecular flexibility index (Phi) is 3.69. The molecule has 0 saturated heterocycles. The van der Waals surface area contributed by atoms with E-state index in [-0.39, 0.29) is 5.63 Å². The predicted molar refractivity (Wildman–Crippen MR) is 58.3 cm³/mol. The minimum atomic E-state index is -0.271. The van der Waals surface area contributed by atoms with E-state index in [0.717, 1.165) is 17.1 Å². The molecule has 0 aliphatic heterocycles. The highest BCUT2D eigenvalue weighted by molar-refractivity contribution is 5.36. The average molecular weight is 192 g/mol. The molecule has 2 rings (SSSR count). The van der Waals surface area contributed by atoms with Gasteiger partial charge in [-0.15, -0.1) is 0 Å². The molecule has 0 spiro atoms. The molecule has 1 aliphatic rings. The number of hydrogen-bond acceptors (Lipinski definition) is 2. The van der Waals surface area contributed by atoms with Crippen LogP contribution in [0.15, 0.2) is 21.3 Å². The van der Waals surface area contributed by atoms with Crippen molar-refractivity contribution in [2.75, 3.05) is 0 Å². The third kappa shape index (κ3) is 2.34. The second kappa shape index (κ2) is 4.80. The summed E-state index contributed by atoms with van der Waals surface area (Å²) in [6.07, 6.45) is 5.13. The van der Waals surface area contributed by atoms with Gasteiger partial charge >= 0.3 is 5.63 Å². The first-order valence-electron chi connectivity index (χ1n) is 5.08. The van der Waals surface area contributed by atoms with Crippen LogP contribution in [0.4, 0.5) is 0 Å². The molecule has 14 heavy (non-hydrogen) atoms. The summed E-state index contributed by atoms with van der Waals surface area (Å²) in [6, 6.07) is 3.27. The van der Waals surface area contributed by atoms with Crippen molar-refractivity contribution in [3.63, 3.8) is 0 Å². The van der Waals surface area contributed by atoms with Crippen LogP contribution in [0, 0.1) is 5.92 Å². The third-order valence-corrected chi connectivity index (χ3v) is 2.04. The summed E-state index contributed by atoms with van der Waals surface area (Å²) in [6.45, 7) is 6.10. The normalized spacial score (nSPS) is 18.1. The van der Waals surface area contributed by atoms with Gasteiger partial charge in [0.15, 0.2) is 0 Å². The Morgan fingerprint density at radius 3 is 2.79 bits per heavy atom. The maximum absolute atomic E-state index is 10.8. The van der Waals surface area contributed by atoms with Gasteiger partial charge in [0.25, 0.3) is 0 Å². The first kappa shape index (κ1) is 10.8. The SMILES string of the molecule is CC.CC1C=c2oc(=O)ccc2=CC1. The standard InChI is InChI=1S/C10H10O2.C2H6/c1-7-2-3-8-4-5-10(11)12-9(8)6-7;1-2/h3-7H,2H2,1H3;1-2H3. The van der Waals surface area contributed by atoms with Crippen molar-refractivity contribution >= 4 is 12.2 Å². The van der Waals surface area contributed by atoms with E-state index < -0.39 is 0 Å². The molecule has 0 radical (unpaired) electrons. The van der Waals surface area contributed by atoms with Crippen LogP contribution in [-0.2, 0) is 0 Å². The zero-order valence-electron chi connectivity index (χ0n) is 8.91. The lowest BCUT2D eigenvalue weighted by Gasteiger charge is -2.04. The molecule has 0 amide bonds. The average Bonchev–Trinajstić information content (AvgIpc) is 2.20. The van der Waals surface area contributed by atoms with Crippen molar-refractivity contribution in [1.82, 2.24) is 0 Å². The van der Waals surface area contributed by atoms with E-state index in [0.29, 0.717) is 5.92 Å². The molecule has 1 unspecified atom stereocenters. The topological polar surface area (TPSA) is 30.2 Å². The van der Waals surface area contributed by atoms with E-state index in [1.807, 2.05) is 26.0 Å². The van der Waals surface area contributed by atoms with Gasteiger partial charge in [0, 0.05) is 11.3 Å². The van der Waals surface area contributed by atoms with Crippen LogP contribution in [0.25, 0.3) is 12.2 Å². The number of hydrogen-bond donors (Lipinski definition) is 0. The van der Waals surface area contributed by atoms with Gasteiger partial charge in [-0.25, -0.2) is 4.79 Å². The quantitative estimate of drug-likeness (QED) is 0.619. The fourth-order valence-electron chi connectivity index (χ4n) is 1.38. The number of fused-ring (bicyclic) bond motifs is 1. The molecule has 1 heterocycles. The van der Waals surface area contributed by atoms with E-state index in [9.17, 15) is 4.79 Å². The fourth-order valence-corrected chi connectivity index (χ4v) is 1.38. The molecular weight excluding hydrogens is 176 g/mol. The Labute approximate surface area is 83.6 Å². The van der Waals surface area contributed by atoms with Gasteiger partial charge in [-0.3, -0.25) is 0 Å². The Bertz CT molecular complexity index is 454. The van der Waals surface area contributed by atoms with Crippen LogP contribution in [-0.4, -0.2) is 0 Å². The van der Waals surface area contributed by atoms with Crippen molar-refractivity contribution in [3.05, 3.63) is 33.2 Å². The summed E-state index contributed by atoms with van der Waals surface area (Å²) >= 11 is 0. The highest BCUT2D eigenvalue weighted by Gasteiger charge is 2.02. The van der Waals surface area contributed by atoms with Gasteiger partial charge < -0.3 is 4.42 Å². The maximum atomic E-state index is 10.8. The minimum Gasteiger partial charge on any atom is -0.423 e. The predicted octanol–water partition coefficient (Wildman–Crippen LogP) is 1.27. The third-order valence-electron chi connectivity index (χ3n) is 2.04. The summed E-state index contributed by atoms with van der Waals surface area (Å²) in [7, 11) is 0. The van der Waals surface area contributed by atoms with Crippen LogP contribution in [0.3, 0.4) is 0 Å². The Morgan fingerprint density at radius 2 is 2.07 bits per heavy atom. The molecule has 2 nitrogen and oxygen atoms in total. The van der Waals surface area contributed by atoms with Crippen molar-refractivity contribution in [1.29, 1.82) is 0 Å². The van der Waals surface area contributed by atoms with Crippen LogP contribution >= 0.6 is 0 Å². The zero-order chi connectivity index (χ0) is 10.6. The van der Waals surface area contributed by atoms with Crippen molar-refractivity contribution in [3.8, 4) is 0 Å². The van der Waals surface area contributed by atoms with Gasteiger partial charge in [0.2, 0.25) is 0 Å². The summed E-state index contributed by atoms with van der Waals surface area (Å²) in [5.74, 6) is 0.475. The Balaban J connectivity index is 0.000000461. The number of rotatable bonds is 0. The molecule has 0 saturated carbocycles. The fraction of sp³-hybridized carbons (Fsp3) is 0.417. The Morgan fingerprint density at radius 1 is 1.36 bits per heavy atom. The van der Waals surface area contributed by atoms with Crippen molar-refractivity contribution in [2.24, 2.45) is 5.92 Å². The Hall–Kier alpha value is -1.31. The smallest absolute Gasteiger partial charge is 0.336 e. The second-order valence-electron chi connectivity index (χ2n) is 3.16. The summed E-state index contributed by atoms with van der Waals surface area (Å²) in [4.78, 5) is 10.8. The highest BCUT2D eigenvalue weighted by Crippen LogP contribution is 2.04. The highest BCUT2D eigenvalue weighted by atomic mass is 16.4. The van der Waals surface area contributed by atoms with Gasteiger partial charge in [-0.2, -0.15) is 0 Å². The first-order chi connectivity index (χ1) is 6.75. The summed E-state index contributed by atoms with van der Waals surface area (Å²) in [5, 5.41) is 1.03. The van der Waals surface area contributed by atoms with E-state index in [1.165, 1.54) is 6.07 Å². The molecule has 1 aromatic rings. The molecule has 0 fully saturated rings. The largest absolute Gasteiger partial charge is 0.423 e. The monoisotopic (exact) mass is 192 g/mol. The van der Waals surface area contributed by atoms with E-state index in [4.69, 9.17) is 4.42 Å². The maximum Gasteiger partial charge on any atom is 0.336 e. The lowest BCUT2D eigenvalue weighted by Crippen LogP contribution is -2.31. The van der Waals surface area contributed by atoms with Crippen LogP contribution in [0.1, 0.15) is 27.2 Å².